The van der Waals surface area contributed by atoms with Gasteiger partial charge in [-0.1, -0.05) is 25.8 Å². The molecule has 0 fully saturated rings. The highest BCUT2D eigenvalue weighted by Crippen LogP contribution is 2.26. The summed E-state index contributed by atoms with van der Waals surface area (Å²) < 4.78 is 0.727. The van der Waals surface area contributed by atoms with Crippen LogP contribution in [-0.2, 0) is 0 Å². The molecule has 0 saturated heterocycles. The maximum atomic E-state index is 12.8. The number of ketones is 1. The Morgan fingerprint density at radius 2 is 2.04 bits per heavy atom. The van der Waals surface area contributed by atoms with Crippen molar-refractivity contribution in [1.29, 1.82) is 0 Å². The van der Waals surface area contributed by atoms with Gasteiger partial charge in [0.2, 0.25) is 11.7 Å². The monoisotopic (exact) mass is 389 g/mol. The van der Waals surface area contributed by atoms with Crippen LogP contribution in [0.15, 0.2) is 29.0 Å². The van der Waals surface area contributed by atoms with Crippen molar-refractivity contribution < 1.29 is 9.59 Å². The van der Waals surface area contributed by atoms with E-state index in [1.165, 1.54) is 27.7 Å². The van der Waals surface area contributed by atoms with Gasteiger partial charge in [-0.25, -0.2) is 19.8 Å². The van der Waals surface area contributed by atoms with E-state index in [9.17, 15) is 9.59 Å². The van der Waals surface area contributed by atoms with Gasteiger partial charge in [-0.3, -0.25) is 10.2 Å². The summed E-state index contributed by atoms with van der Waals surface area (Å²) in [6, 6.07) is 4.81. The van der Waals surface area contributed by atoms with E-state index in [1.807, 2.05) is 22.9 Å². The number of unbranched alkanes of at least 4 members (excludes halogenated alkanes) is 2. The lowest BCUT2D eigenvalue weighted by Gasteiger charge is -2.21. The van der Waals surface area contributed by atoms with Gasteiger partial charge in [0.1, 0.15) is 5.69 Å². The van der Waals surface area contributed by atoms with Crippen LogP contribution in [0.2, 0.25) is 0 Å². The number of aromatic nitrogens is 2. The zero-order valence-corrected chi connectivity index (χ0v) is 15.9. The Labute approximate surface area is 158 Å². The van der Waals surface area contributed by atoms with Gasteiger partial charge in [-0.15, -0.1) is 22.7 Å². The number of carbonyl (C=O) groups is 2. The number of anilines is 1. The second-order valence-corrected chi connectivity index (χ2v) is 7.51. The summed E-state index contributed by atoms with van der Waals surface area (Å²) in [6.07, 6.45) is 2.83. The van der Waals surface area contributed by atoms with E-state index in [2.05, 4.69) is 22.3 Å². The molecule has 0 aliphatic rings. The molecular weight excluding hydrogens is 370 g/mol. The molecule has 0 atom stereocenters. The topological polar surface area (TPSA) is 101 Å². The molecule has 0 bridgehead atoms. The molecule has 0 radical (unpaired) electrons. The number of nitrogens with two attached hydrogens (primary N) is 1. The Morgan fingerprint density at radius 3 is 2.73 bits per heavy atom. The number of nitrogens with one attached hydrogen (secondary N) is 1. The van der Waals surface area contributed by atoms with Gasteiger partial charge in [0.05, 0.1) is 15.1 Å². The highest BCUT2D eigenvalue weighted by Gasteiger charge is 2.20. The number of hydrazine groups is 1. The van der Waals surface area contributed by atoms with Crippen LogP contribution in [0.4, 0.5) is 10.7 Å². The number of fused-ring (bicyclic) bond motifs is 1. The molecule has 3 N–H and O–H groups in total. The van der Waals surface area contributed by atoms with Gasteiger partial charge in [0.15, 0.2) is 0 Å². The lowest BCUT2D eigenvalue weighted by Crippen LogP contribution is -2.41. The number of rotatable bonds is 8. The van der Waals surface area contributed by atoms with E-state index in [4.69, 9.17) is 5.73 Å². The minimum atomic E-state index is -0.610. The van der Waals surface area contributed by atoms with Crippen LogP contribution in [0, 0.1) is 0 Å². The van der Waals surface area contributed by atoms with Crippen molar-refractivity contribution in [3.8, 4) is 0 Å². The van der Waals surface area contributed by atoms with Gasteiger partial charge in [-0.2, -0.15) is 0 Å². The SMILES string of the molecule is CCCCCN(Nc1nc(C(=O)c2cccs2)c2sccc2n1)C(N)=O. The summed E-state index contributed by atoms with van der Waals surface area (Å²) >= 11 is 2.78. The number of primary amides is 1. The first-order chi connectivity index (χ1) is 12.6. The third-order valence-corrected chi connectivity index (χ3v) is 5.53. The normalized spacial score (nSPS) is 10.8. The second kappa shape index (κ2) is 8.24. The standard InChI is InChI=1S/C17H19N5O2S2/c1-2-3-4-8-22(16(18)24)21-17-19-11-7-10-26-15(11)13(20-17)14(23)12-6-5-9-25-12/h5-7,9-10H,2-4,8H2,1H3,(H2,18,24)(H,19,20,21). The third-order valence-electron chi connectivity index (χ3n) is 3.75. The smallest absolute Gasteiger partial charge is 0.333 e. The molecular formula is C17H19N5O2S2. The summed E-state index contributed by atoms with van der Waals surface area (Å²) in [5, 5.41) is 4.99. The van der Waals surface area contributed by atoms with Gasteiger partial charge in [0, 0.05) is 6.54 Å². The van der Waals surface area contributed by atoms with E-state index in [-0.39, 0.29) is 11.7 Å². The number of nitrogens with zero attached hydrogens (tertiary/aromatic N) is 3. The second-order valence-electron chi connectivity index (χ2n) is 5.65. The molecule has 0 saturated carbocycles. The molecule has 0 aliphatic heterocycles. The predicted molar refractivity (Wildman–Crippen MR) is 105 cm³/mol. The summed E-state index contributed by atoms with van der Waals surface area (Å²) in [5.41, 5.74) is 9.28. The Hall–Kier alpha value is -2.52. The molecule has 2 amide bonds. The number of hydrogen-bond donors (Lipinski definition) is 2. The fourth-order valence-electron chi connectivity index (χ4n) is 2.45. The van der Waals surface area contributed by atoms with E-state index >= 15 is 0 Å². The molecule has 0 unspecified atom stereocenters. The van der Waals surface area contributed by atoms with Gasteiger partial charge in [-0.05, 0) is 29.3 Å². The largest absolute Gasteiger partial charge is 0.350 e. The number of urea groups is 1. The van der Waals surface area contributed by atoms with Crippen molar-refractivity contribution >= 4 is 50.7 Å². The lowest BCUT2D eigenvalue weighted by atomic mass is 10.2. The zero-order chi connectivity index (χ0) is 18.5. The molecule has 3 aromatic heterocycles. The summed E-state index contributed by atoms with van der Waals surface area (Å²) in [7, 11) is 0. The van der Waals surface area contributed by atoms with Crippen LogP contribution in [0.3, 0.4) is 0 Å². The van der Waals surface area contributed by atoms with Crippen LogP contribution < -0.4 is 11.2 Å². The van der Waals surface area contributed by atoms with Gasteiger partial charge < -0.3 is 5.73 Å². The number of thiophene rings is 2. The lowest BCUT2D eigenvalue weighted by molar-refractivity contribution is 0.103. The molecule has 0 aromatic carbocycles. The van der Waals surface area contributed by atoms with E-state index in [0.717, 1.165) is 24.0 Å². The molecule has 9 heteroatoms. The molecule has 3 heterocycles. The summed E-state index contributed by atoms with van der Waals surface area (Å²) in [4.78, 5) is 33.9. The molecule has 26 heavy (non-hydrogen) atoms. The fraction of sp³-hybridized carbons (Fsp3) is 0.294. The number of carbonyl (C=O) groups excluding carboxylic acids is 2. The van der Waals surface area contributed by atoms with E-state index in [0.29, 0.717) is 22.6 Å². The third kappa shape index (κ3) is 4.00. The Morgan fingerprint density at radius 1 is 1.19 bits per heavy atom. The quantitative estimate of drug-likeness (QED) is 0.346. The Kier molecular flexibility index (Phi) is 5.79. The van der Waals surface area contributed by atoms with Crippen molar-refractivity contribution in [2.24, 2.45) is 5.73 Å². The highest BCUT2D eigenvalue weighted by atomic mass is 32.1. The maximum absolute atomic E-state index is 12.8. The van der Waals surface area contributed by atoms with Crippen LogP contribution in [0.5, 0.6) is 0 Å². The van der Waals surface area contributed by atoms with E-state index in [1.54, 1.807) is 6.07 Å². The number of hydrogen-bond acceptors (Lipinski definition) is 7. The van der Waals surface area contributed by atoms with Crippen LogP contribution >= 0.6 is 22.7 Å². The molecule has 136 valence electrons. The molecule has 7 nitrogen and oxygen atoms in total. The summed E-state index contributed by atoms with van der Waals surface area (Å²) in [5.74, 6) is 0.0283. The van der Waals surface area contributed by atoms with Gasteiger partial charge in [0.25, 0.3) is 0 Å². The van der Waals surface area contributed by atoms with Crippen molar-refractivity contribution in [2.75, 3.05) is 12.0 Å². The first kappa shape index (κ1) is 18.3. The maximum Gasteiger partial charge on any atom is 0.333 e. The van der Waals surface area contributed by atoms with Crippen molar-refractivity contribution in [2.45, 2.75) is 26.2 Å². The van der Waals surface area contributed by atoms with Crippen LogP contribution in [0.25, 0.3) is 10.2 Å². The average Bonchev–Trinajstić information content (AvgIpc) is 3.31. The Bertz CT molecular complexity index is 907. The predicted octanol–water partition coefficient (Wildman–Crippen LogP) is 3.88. The van der Waals surface area contributed by atoms with Gasteiger partial charge >= 0.3 is 6.03 Å². The van der Waals surface area contributed by atoms with Crippen molar-refractivity contribution in [1.82, 2.24) is 15.0 Å². The average molecular weight is 390 g/mol. The summed E-state index contributed by atoms with van der Waals surface area (Å²) in [6.45, 7) is 2.53. The minimum absolute atomic E-state index is 0.158. The fourth-order valence-corrected chi connectivity index (χ4v) is 3.94. The molecule has 3 aromatic rings. The molecule has 0 spiro atoms. The van der Waals surface area contributed by atoms with Crippen molar-refractivity contribution in [3.63, 3.8) is 0 Å². The molecule has 0 aliphatic carbocycles. The van der Waals surface area contributed by atoms with Crippen LogP contribution in [-0.4, -0.2) is 33.3 Å². The van der Waals surface area contributed by atoms with E-state index < -0.39 is 6.03 Å². The Balaban J connectivity index is 1.91. The first-order valence-corrected chi connectivity index (χ1v) is 10.0. The first-order valence-electron chi connectivity index (χ1n) is 8.27. The van der Waals surface area contributed by atoms with Crippen molar-refractivity contribution in [3.05, 3.63) is 39.5 Å². The molecule has 3 rings (SSSR count). The highest BCUT2D eigenvalue weighted by molar-refractivity contribution is 7.17. The minimum Gasteiger partial charge on any atom is -0.350 e. The zero-order valence-electron chi connectivity index (χ0n) is 14.3. The van der Waals surface area contributed by atoms with Crippen LogP contribution in [0.1, 0.15) is 41.6 Å². The number of amides is 2.